The van der Waals surface area contributed by atoms with Crippen LogP contribution in [0.15, 0.2) is 18.2 Å². The van der Waals surface area contributed by atoms with Crippen LogP contribution in [-0.4, -0.2) is 16.7 Å². The summed E-state index contributed by atoms with van der Waals surface area (Å²) in [6.45, 7) is 3.94. The lowest BCUT2D eigenvalue weighted by molar-refractivity contribution is -0.147. The number of aliphatic carboxylic acids is 1. The minimum absolute atomic E-state index is 0.606. The Morgan fingerprint density at radius 3 is 2.20 bits per heavy atom. The first-order chi connectivity index (χ1) is 7.02. The van der Waals surface area contributed by atoms with Gasteiger partial charge in [0.25, 0.3) is 0 Å². The first-order valence-electron chi connectivity index (χ1n) is 5.03. The number of carboxylic acids is 1. The molecule has 3 heteroatoms. The maximum Gasteiger partial charge on any atom is 0.348 e. The van der Waals surface area contributed by atoms with E-state index in [1.807, 2.05) is 32.0 Å². The first kappa shape index (κ1) is 10.0. The third-order valence-electron chi connectivity index (χ3n) is 2.60. The van der Waals surface area contributed by atoms with Crippen LogP contribution >= 0.6 is 0 Å². The zero-order valence-electron chi connectivity index (χ0n) is 8.91. The molecule has 15 heavy (non-hydrogen) atoms. The van der Waals surface area contributed by atoms with Gasteiger partial charge in [-0.05, 0) is 37.1 Å². The Balaban J connectivity index is 2.21. The molecule has 1 aromatic carbocycles. The Hall–Kier alpha value is -1.51. The third kappa shape index (κ3) is 1.96. The highest BCUT2D eigenvalue weighted by Crippen LogP contribution is 2.40. The van der Waals surface area contributed by atoms with Gasteiger partial charge < -0.3 is 9.84 Å². The van der Waals surface area contributed by atoms with Crippen molar-refractivity contribution in [1.82, 2.24) is 0 Å². The summed E-state index contributed by atoms with van der Waals surface area (Å²) in [5, 5.41) is 8.98. The van der Waals surface area contributed by atoms with Gasteiger partial charge in [0, 0.05) is 12.8 Å². The van der Waals surface area contributed by atoms with E-state index >= 15 is 0 Å². The normalized spacial score (nSPS) is 17.2. The molecule has 1 aromatic rings. The SMILES string of the molecule is Cc1cc(C)cc(OC2(C(=O)O)CC2)c1. The summed E-state index contributed by atoms with van der Waals surface area (Å²) in [7, 11) is 0. The van der Waals surface area contributed by atoms with Gasteiger partial charge in [-0.25, -0.2) is 4.79 Å². The molecule has 1 fully saturated rings. The van der Waals surface area contributed by atoms with Gasteiger partial charge in [0.15, 0.2) is 0 Å². The summed E-state index contributed by atoms with van der Waals surface area (Å²) in [5.41, 5.74) is 1.23. The van der Waals surface area contributed by atoms with Crippen molar-refractivity contribution in [1.29, 1.82) is 0 Å². The fourth-order valence-corrected chi connectivity index (χ4v) is 1.69. The van der Waals surface area contributed by atoms with Crippen molar-refractivity contribution in [2.75, 3.05) is 0 Å². The average Bonchev–Trinajstić information content (AvgIpc) is 2.83. The summed E-state index contributed by atoms with van der Waals surface area (Å²) < 4.78 is 5.54. The molecule has 80 valence electrons. The summed E-state index contributed by atoms with van der Waals surface area (Å²) in [4.78, 5) is 10.9. The summed E-state index contributed by atoms with van der Waals surface area (Å²) >= 11 is 0. The highest BCUT2D eigenvalue weighted by atomic mass is 16.5. The van der Waals surface area contributed by atoms with Crippen LogP contribution in [0.3, 0.4) is 0 Å². The molecule has 0 radical (unpaired) electrons. The third-order valence-corrected chi connectivity index (χ3v) is 2.60. The van der Waals surface area contributed by atoms with Crippen LogP contribution < -0.4 is 4.74 Å². The van der Waals surface area contributed by atoms with E-state index in [1.165, 1.54) is 0 Å². The van der Waals surface area contributed by atoms with Gasteiger partial charge in [-0.15, -0.1) is 0 Å². The molecule has 0 unspecified atom stereocenters. The number of carboxylic acid groups (broad SMARTS) is 1. The predicted molar refractivity (Wildman–Crippen MR) is 56.1 cm³/mol. The number of benzene rings is 1. The van der Waals surface area contributed by atoms with Crippen LogP contribution in [0, 0.1) is 13.8 Å². The van der Waals surface area contributed by atoms with Gasteiger partial charge in [-0.1, -0.05) is 6.07 Å². The minimum Gasteiger partial charge on any atom is -0.478 e. The van der Waals surface area contributed by atoms with E-state index in [-0.39, 0.29) is 0 Å². The predicted octanol–water partition coefficient (Wildman–Crippen LogP) is 2.30. The second-order valence-electron chi connectivity index (χ2n) is 4.22. The number of hydrogen-bond donors (Lipinski definition) is 1. The van der Waals surface area contributed by atoms with E-state index < -0.39 is 11.6 Å². The molecule has 1 saturated carbocycles. The van der Waals surface area contributed by atoms with Crippen molar-refractivity contribution < 1.29 is 14.6 Å². The van der Waals surface area contributed by atoms with Gasteiger partial charge in [0.2, 0.25) is 5.60 Å². The highest BCUT2D eigenvalue weighted by molar-refractivity contribution is 5.81. The molecule has 0 bridgehead atoms. The maximum absolute atomic E-state index is 10.9. The monoisotopic (exact) mass is 206 g/mol. The molecule has 0 amide bonds. The van der Waals surface area contributed by atoms with Gasteiger partial charge in [-0.2, -0.15) is 0 Å². The summed E-state index contributed by atoms with van der Waals surface area (Å²) in [5.74, 6) is -0.200. The molecule has 0 atom stereocenters. The van der Waals surface area contributed by atoms with E-state index in [2.05, 4.69) is 0 Å². The van der Waals surface area contributed by atoms with Gasteiger partial charge in [0.1, 0.15) is 5.75 Å². The number of ether oxygens (including phenoxy) is 1. The Bertz CT molecular complexity index is 385. The summed E-state index contributed by atoms with van der Waals surface area (Å²) in [6, 6.07) is 5.78. The van der Waals surface area contributed by atoms with Crippen LogP contribution in [0.5, 0.6) is 5.75 Å². The molecule has 2 rings (SSSR count). The van der Waals surface area contributed by atoms with Gasteiger partial charge in [-0.3, -0.25) is 0 Å². The number of rotatable bonds is 3. The van der Waals surface area contributed by atoms with Crippen LogP contribution in [0.25, 0.3) is 0 Å². The molecule has 0 aromatic heterocycles. The lowest BCUT2D eigenvalue weighted by Gasteiger charge is -2.14. The minimum atomic E-state index is -0.944. The van der Waals surface area contributed by atoms with E-state index in [0.29, 0.717) is 18.6 Å². The Morgan fingerprint density at radius 2 is 1.80 bits per heavy atom. The van der Waals surface area contributed by atoms with E-state index in [0.717, 1.165) is 11.1 Å². The molecular formula is C12H14O3. The molecule has 1 N–H and O–H groups in total. The van der Waals surface area contributed by atoms with Crippen LogP contribution in [0.4, 0.5) is 0 Å². The lowest BCUT2D eigenvalue weighted by Crippen LogP contribution is -2.29. The summed E-state index contributed by atoms with van der Waals surface area (Å²) in [6.07, 6.45) is 1.21. The van der Waals surface area contributed by atoms with Crippen LogP contribution in [-0.2, 0) is 4.79 Å². The van der Waals surface area contributed by atoms with Crippen molar-refractivity contribution in [3.8, 4) is 5.75 Å². The molecule has 1 aliphatic rings. The van der Waals surface area contributed by atoms with Crippen LogP contribution in [0.2, 0.25) is 0 Å². The molecule has 0 saturated heterocycles. The molecule has 3 nitrogen and oxygen atoms in total. The van der Waals surface area contributed by atoms with Gasteiger partial charge >= 0.3 is 5.97 Å². The zero-order chi connectivity index (χ0) is 11.1. The average molecular weight is 206 g/mol. The molecule has 0 spiro atoms. The second kappa shape index (κ2) is 3.26. The smallest absolute Gasteiger partial charge is 0.348 e. The van der Waals surface area contributed by atoms with Crippen molar-refractivity contribution in [2.45, 2.75) is 32.3 Å². The van der Waals surface area contributed by atoms with E-state index in [9.17, 15) is 4.79 Å². The van der Waals surface area contributed by atoms with Crippen molar-refractivity contribution in [2.24, 2.45) is 0 Å². The van der Waals surface area contributed by atoms with Gasteiger partial charge in [0.05, 0.1) is 0 Å². The lowest BCUT2D eigenvalue weighted by atomic mass is 10.1. The fraction of sp³-hybridized carbons (Fsp3) is 0.417. The molecule has 0 aliphatic heterocycles. The Labute approximate surface area is 88.7 Å². The van der Waals surface area contributed by atoms with Crippen molar-refractivity contribution >= 4 is 5.97 Å². The largest absolute Gasteiger partial charge is 0.478 e. The number of carbonyl (C=O) groups is 1. The van der Waals surface area contributed by atoms with Crippen LogP contribution in [0.1, 0.15) is 24.0 Å². The van der Waals surface area contributed by atoms with Crippen molar-refractivity contribution in [3.63, 3.8) is 0 Å². The second-order valence-corrected chi connectivity index (χ2v) is 4.22. The molecule has 0 heterocycles. The first-order valence-corrected chi connectivity index (χ1v) is 5.03. The standard InChI is InChI=1S/C12H14O3/c1-8-5-9(2)7-10(6-8)15-12(3-4-12)11(13)14/h5-7H,3-4H2,1-2H3,(H,13,14). The highest BCUT2D eigenvalue weighted by Gasteiger charge is 2.53. The number of hydrogen-bond acceptors (Lipinski definition) is 2. The fourth-order valence-electron chi connectivity index (χ4n) is 1.69. The Kier molecular flexibility index (Phi) is 2.18. The molecule has 1 aliphatic carbocycles. The Morgan fingerprint density at radius 1 is 1.27 bits per heavy atom. The maximum atomic E-state index is 10.9. The van der Waals surface area contributed by atoms with Crippen molar-refractivity contribution in [3.05, 3.63) is 29.3 Å². The van der Waals surface area contributed by atoms with E-state index in [4.69, 9.17) is 9.84 Å². The zero-order valence-corrected chi connectivity index (χ0v) is 8.91. The van der Waals surface area contributed by atoms with E-state index in [1.54, 1.807) is 0 Å². The topological polar surface area (TPSA) is 46.5 Å². The number of aryl methyl sites for hydroxylation is 2. The molecular weight excluding hydrogens is 192 g/mol. The quantitative estimate of drug-likeness (QED) is 0.825.